The predicted molar refractivity (Wildman–Crippen MR) is 66.6 cm³/mol. The highest BCUT2D eigenvalue weighted by atomic mass is 35.5. The average Bonchev–Trinajstić information content (AvgIpc) is 2.16. The Morgan fingerprint density at radius 2 is 2.38 bits per heavy atom. The van der Waals surface area contributed by atoms with Gasteiger partial charge in [-0.3, -0.25) is 0 Å². The van der Waals surface area contributed by atoms with Crippen molar-refractivity contribution in [3.05, 3.63) is 35.4 Å². The summed E-state index contributed by atoms with van der Waals surface area (Å²) in [7, 11) is 0. The van der Waals surface area contributed by atoms with Crippen molar-refractivity contribution in [2.45, 2.75) is 18.7 Å². The molecule has 2 unspecified atom stereocenters. The summed E-state index contributed by atoms with van der Waals surface area (Å²) in [4.78, 5) is 10.6. The summed E-state index contributed by atoms with van der Waals surface area (Å²) in [6.07, 6.45) is 8.47. The van der Waals surface area contributed by atoms with Gasteiger partial charge in [0.2, 0.25) is 0 Å². The highest BCUT2D eigenvalue weighted by Gasteiger charge is 2.31. The van der Waals surface area contributed by atoms with E-state index in [9.17, 15) is 4.79 Å². The molecule has 0 spiro atoms. The second-order valence-corrected chi connectivity index (χ2v) is 4.90. The zero-order valence-electron chi connectivity index (χ0n) is 9.24. The van der Waals surface area contributed by atoms with Crippen LogP contribution < -0.4 is 0 Å². The maximum absolute atomic E-state index is 11.2. The molecule has 0 aromatic carbocycles. The monoisotopic (exact) mass is 260 g/mol. The van der Waals surface area contributed by atoms with Crippen LogP contribution in [-0.2, 0) is 9.53 Å². The summed E-state index contributed by atoms with van der Waals surface area (Å²) in [5, 5.41) is 0.612. The molecule has 16 heavy (non-hydrogen) atoms. The van der Waals surface area contributed by atoms with Crippen molar-refractivity contribution >= 4 is 29.2 Å². The van der Waals surface area contributed by atoms with E-state index in [2.05, 4.69) is 0 Å². The van der Waals surface area contributed by atoms with Crippen LogP contribution in [-0.4, -0.2) is 17.5 Å². The van der Waals surface area contributed by atoms with Gasteiger partial charge in [-0.2, -0.15) is 0 Å². The lowest BCUT2D eigenvalue weighted by Gasteiger charge is -2.28. The molecule has 2 nitrogen and oxygen atoms in total. The van der Waals surface area contributed by atoms with E-state index in [1.54, 1.807) is 19.1 Å². The van der Waals surface area contributed by atoms with Gasteiger partial charge in [-0.15, -0.1) is 11.6 Å². The number of halogens is 2. The molecule has 0 aromatic heterocycles. The van der Waals surface area contributed by atoms with Crippen LogP contribution in [0.5, 0.6) is 0 Å². The second kappa shape index (κ2) is 5.55. The summed E-state index contributed by atoms with van der Waals surface area (Å²) in [5.74, 6) is -0.584. The number of allylic oxidation sites excluding steroid dienone is 5. The van der Waals surface area contributed by atoms with Crippen molar-refractivity contribution < 1.29 is 9.53 Å². The minimum absolute atomic E-state index is 0.203. The van der Waals surface area contributed by atoms with E-state index >= 15 is 0 Å². The third kappa shape index (κ3) is 3.39. The van der Waals surface area contributed by atoms with Gasteiger partial charge in [0.05, 0.1) is 11.5 Å². The number of hydrogen-bond donors (Lipinski definition) is 0. The van der Waals surface area contributed by atoms with Crippen molar-refractivity contribution in [3.63, 3.8) is 0 Å². The van der Waals surface area contributed by atoms with Gasteiger partial charge in [-0.1, -0.05) is 29.8 Å². The average molecular weight is 261 g/mol. The van der Waals surface area contributed by atoms with Crippen molar-refractivity contribution in [1.29, 1.82) is 0 Å². The molecule has 0 aliphatic heterocycles. The maximum atomic E-state index is 11.2. The van der Waals surface area contributed by atoms with Crippen LogP contribution in [0, 0.1) is 5.92 Å². The fraction of sp³-hybridized carbons (Fsp3) is 0.417. The standard InChI is InChI=1S/C12H14Cl2O2/c1-3-16-11(15)7-6-9-10(13)5-4-8-12(9,2)14/h4-9H,3H2,1-2H3. The van der Waals surface area contributed by atoms with Crippen LogP contribution in [0.1, 0.15) is 13.8 Å². The van der Waals surface area contributed by atoms with Crippen LogP contribution in [0.3, 0.4) is 0 Å². The minimum Gasteiger partial charge on any atom is -0.463 e. The highest BCUT2D eigenvalue weighted by molar-refractivity contribution is 6.33. The molecule has 0 fully saturated rings. The topological polar surface area (TPSA) is 26.3 Å². The molecule has 2 atom stereocenters. The van der Waals surface area contributed by atoms with Gasteiger partial charge in [0.15, 0.2) is 0 Å². The van der Waals surface area contributed by atoms with Crippen LogP contribution in [0.4, 0.5) is 0 Å². The molecule has 0 N–H and O–H groups in total. The fourth-order valence-electron chi connectivity index (χ4n) is 1.45. The lowest BCUT2D eigenvalue weighted by molar-refractivity contribution is -0.137. The van der Waals surface area contributed by atoms with Gasteiger partial charge < -0.3 is 4.74 Å². The predicted octanol–water partition coefficient (Wildman–Crippen LogP) is 3.41. The molecular weight excluding hydrogens is 247 g/mol. The number of rotatable bonds is 3. The van der Waals surface area contributed by atoms with E-state index in [1.165, 1.54) is 6.08 Å². The third-order valence-electron chi connectivity index (χ3n) is 2.29. The smallest absolute Gasteiger partial charge is 0.330 e. The molecule has 0 saturated carbocycles. The summed E-state index contributed by atoms with van der Waals surface area (Å²) < 4.78 is 4.79. The number of alkyl halides is 1. The van der Waals surface area contributed by atoms with E-state index in [0.717, 1.165) is 0 Å². The van der Waals surface area contributed by atoms with Gasteiger partial charge in [-0.05, 0) is 19.9 Å². The number of ether oxygens (including phenoxy) is 1. The quantitative estimate of drug-likeness (QED) is 0.442. The van der Waals surface area contributed by atoms with Crippen LogP contribution in [0.2, 0.25) is 0 Å². The molecule has 1 aliphatic rings. The Hall–Kier alpha value is -0.730. The molecule has 1 aliphatic carbocycles. The molecule has 88 valence electrons. The Balaban J connectivity index is 2.76. The zero-order valence-corrected chi connectivity index (χ0v) is 10.8. The SMILES string of the molecule is CCOC(=O)C=CC1C(Cl)=CC=CC1(C)Cl. The van der Waals surface area contributed by atoms with Gasteiger partial charge in [-0.25, -0.2) is 4.79 Å². The number of hydrogen-bond acceptors (Lipinski definition) is 2. The molecule has 1 rings (SSSR count). The van der Waals surface area contributed by atoms with Gasteiger partial charge >= 0.3 is 5.97 Å². The minimum atomic E-state index is -0.602. The van der Waals surface area contributed by atoms with E-state index in [0.29, 0.717) is 11.6 Å². The molecule has 4 heteroatoms. The lowest BCUT2D eigenvalue weighted by Crippen LogP contribution is -2.27. The van der Waals surface area contributed by atoms with E-state index < -0.39 is 4.87 Å². The first kappa shape index (κ1) is 13.3. The number of carbonyl (C=O) groups excluding carboxylic acids is 1. The van der Waals surface area contributed by atoms with Crippen LogP contribution in [0.25, 0.3) is 0 Å². The first-order chi connectivity index (χ1) is 7.47. The molecule has 0 heterocycles. The lowest BCUT2D eigenvalue weighted by atomic mass is 9.88. The Morgan fingerprint density at radius 3 is 2.94 bits per heavy atom. The molecule has 0 saturated heterocycles. The normalized spacial score (nSPS) is 29.2. The van der Waals surface area contributed by atoms with Crippen LogP contribution in [0.15, 0.2) is 35.4 Å². The first-order valence-electron chi connectivity index (χ1n) is 5.06. The van der Waals surface area contributed by atoms with Crippen molar-refractivity contribution in [1.82, 2.24) is 0 Å². The molecule has 0 aromatic rings. The van der Waals surface area contributed by atoms with Gasteiger partial charge in [0.1, 0.15) is 0 Å². The van der Waals surface area contributed by atoms with Crippen molar-refractivity contribution in [2.75, 3.05) is 6.61 Å². The summed E-state index contributed by atoms with van der Waals surface area (Å²) in [6, 6.07) is 0. The third-order valence-corrected chi connectivity index (χ3v) is 3.02. The largest absolute Gasteiger partial charge is 0.463 e. The number of carbonyl (C=O) groups is 1. The summed E-state index contributed by atoms with van der Waals surface area (Å²) in [6.45, 7) is 3.96. The van der Waals surface area contributed by atoms with E-state index in [4.69, 9.17) is 27.9 Å². The molecule has 0 radical (unpaired) electrons. The van der Waals surface area contributed by atoms with Crippen LogP contribution >= 0.6 is 23.2 Å². The molecule has 0 amide bonds. The highest BCUT2D eigenvalue weighted by Crippen LogP contribution is 2.38. The van der Waals surface area contributed by atoms with E-state index in [-0.39, 0.29) is 11.9 Å². The van der Waals surface area contributed by atoms with Gasteiger partial charge in [0, 0.05) is 17.0 Å². The summed E-state index contributed by atoms with van der Waals surface area (Å²) >= 11 is 12.3. The maximum Gasteiger partial charge on any atom is 0.330 e. The Bertz CT molecular complexity index is 354. The zero-order chi connectivity index (χ0) is 12.2. The number of esters is 1. The second-order valence-electron chi connectivity index (χ2n) is 3.65. The fourth-order valence-corrected chi connectivity index (χ4v) is 2.14. The summed E-state index contributed by atoms with van der Waals surface area (Å²) in [5.41, 5.74) is 0. The molecular formula is C12H14Cl2O2. The van der Waals surface area contributed by atoms with Gasteiger partial charge in [0.25, 0.3) is 0 Å². The molecule has 0 bridgehead atoms. The van der Waals surface area contributed by atoms with Crippen molar-refractivity contribution in [3.8, 4) is 0 Å². The van der Waals surface area contributed by atoms with E-state index in [1.807, 2.05) is 19.1 Å². The Morgan fingerprint density at radius 1 is 1.69 bits per heavy atom. The van der Waals surface area contributed by atoms with Crippen molar-refractivity contribution in [2.24, 2.45) is 5.92 Å². The Kier molecular flexibility index (Phi) is 4.63. The first-order valence-corrected chi connectivity index (χ1v) is 5.81. The Labute approximate surface area is 106 Å².